The summed E-state index contributed by atoms with van der Waals surface area (Å²) in [6.45, 7) is 0. The number of halogens is 4. The molecule has 0 aliphatic rings. The second-order valence-corrected chi connectivity index (χ2v) is 4.01. The summed E-state index contributed by atoms with van der Waals surface area (Å²) in [7, 11) is 0. The number of nitrogens with one attached hydrogen (secondary N) is 1. The second-order valence-electron chi connectivity index (χ2n) is 3.64. The Bertz CT molecular complexity index is 374. The molecule has 102 valence electrons. The first-order chi connectivity index (χ1) is 8.48. The number of nitrogens with two attached hydrogens (primary N) is 1. The molecule has 1 rings (SSSR count). The van der Waals surface area contributed by atoms with Gasteiger partial charge < -0.3 is 4.74 Å². The van der Waals surface area contributed by atoms with Gasteiger partial charge in [-0.1, -0.05) is 18.2 Å². The molecule has 1 unspecified atom stereocenters. The van der Waals surface area contributed by atoms with Crippen LogP contribution < -0.4 is 16.0 Å². The normalized spacial score (nSPS) is 13.4. The van der Waals surface area contributed by atoms with E-state index < -0.39 is 12.4 Å². The first-order valence-electron chi connectivity index (χ1n) is 5.34. The third-order valence-electron chi connectivity index (χ3n) is 2.35. The van der Waals surface area contributed by atoms with Gasteiger partial charge in [0.1, 0.15) is 5.75 Å². The van der Waals surface area contributed by atoms with Crippen molar-refractivity contribution in [3.8, 4) is 5.75 Å². The minimum Gasteiger partial charge on any atom is -0.405 e. The van der Waals surface area contributed by atoms with E-state index in [1.165, 1.54) is 12.1 Å². The molecule has 1 aromatic rings. The van der Waals surface area contributed by atoms with Crippen LogP contribution in [0, 0.1) is 0 Å². The molecule has 0 radical (unpaired) electrons. The zero-order chi connectivity index (χ0) is 13.6. The highest BCUT2D eigenvalue weighted by Crippen LogP contribution is 2.31. The monoisotopic (exact) mass is 282 g/mol. The standard InChI is InChI=1S/C11H14ClF3N2O/c12-7-3-5-9(17-16)8-4-1-2-6-10(8)18-11(13,14)15/h1-2,4,6,9,17H,3,5,7,16H2. The van der Waals surface area contributed by atoms with Gasteiger partial charge in [-0.15, -0.1) is 24.8 Å². The van der Waals surface area contributed by atoms with E-state index in [1.54, 1.807) is 12.1 Å². The van der Waals surface area contributed by atoms with Crippen molar-refractivity contribution in [1.29, 1.82) is 0 Å². The maximum absolute atomic E-state index is 12.2. The van der Waals surface area contributed by atoms with Crippen molar-refractivity contribution in [2.24, 2.45) is 5.84 Å². The fourth-order valence-electron chi connectivity index (χ4n) is 1.60. The molecule has 0 saturated carbocycles. The van der Waals surface area contributed by atoms with Crippen LogP contribution in [0.4, 0.5) is 13.2 Å². The lowest BCUT2D eigenvalue weighted by Crippen LogP contribution is -2.29. The smallest absolute Gasteiger partial charge is 0.405 e. The third kappa shape index (κ3) is 4.72. The summed E-state index contributed by atoms with van der Waals surface area (Å²) in [5.74, 6) is 5.52. The number of rotatable bonds is 6. The summed E-state index contributed by atoms with van der Waals surface area (Å²) in [6.07, 6.45) is -3.56. The fraction of sp³-hybridized carbons (Fsp3) is 0.455. The fourth-order valence-corrected chi connectivity index (χ4v) is 1.75. The van der Waals surface area contributed by atoms with Crippen molar-refractivity contribution < 1.29 is 17.9 Å². The molecule has 0 saturated heterocycles. The maximum Gasteiger partial charge on any atom is 0.573 e. The van der Waals surface area contributed by atoms with Crippen LogP contribution in [0.15, 0.2) is 24.3 Å². The Hall–Kier alpha value is -0.980. The summed E-state index contributed by atoms with van der Waals surface area (Å²) in [4.78, 5) is 0. The van der Waals surface area contributed by atoms with Gasteiger partial charge in [0.05, 0.1) is 0 Å². The molecule has 7 heteroatoms. The Balaban J connectivity index is 2.91. The van der Waals surface area contributed by atoms with Crippen molar-refractivity contribution in [3.05, 3.63) is 29.8 Å². The lowest BCUT2D eigenvalue weighted by Gasteiger charge is -2.20. The SMILES string of the molecule is NNC(CCCCl)c1ccccc1OC(F)(F)F. The molecule has 1 atom stereocenters. The molecule has 0 fully saturated rings. The van der Waals surface area contributed by atoms with E-state index in [9.17, 15) is 13.2 Å². The predicted octanol–water partition coefficient (Wildman–Crippen LogP) is 3.11. The molecule has 0 aliphatic carbocycles. The van der Waals surface area contributed by atoms with Crippen molar-refractivity contribution in [3.63, 3.8) is 0 Å². The number of benzene rings is 1. The van der Waals surface area contributed by atoms with Crippen LogP contribution in [-0.4, -0.2) is 12.2 Å². The molecule has 0 bridgehead atoms. The van der Waals surface area contributed by atoms with Crippen molar-refractivity contribution in [1.82, 2.24) is 5.43 Å². The van der Waals surface area contributed by atoms with Gasteiger partial charge in [-0.2, -0.15) is 0 Å². The Morgan fingerprint density at radius 3 is 2.56 bits per heavy atom. The summed E-state index contributed by atoms with van der Waals surface area (Å²) in [5, 5.41) is 0. The van der Waals surface area contributed by atoms with Gasteiger partial charge >= 0.3 is 6.36 Å². The predicted molar refractivity (Wildman–Crippen MR) is 63.1 cm³/mol. The zero-order valence-electron chi connectivity index (χ0n) is 9.51. The molecule has 18 heavy (non-hydrogen) atoms. The highest BCUT2D eigenvalue weighted by Gasteiger charge is 2.32. The Labute approximate surface area is 108 Å². The number of alkyl halides is 4. The van der Waals surface area contributed by atoms with Gasteiger partial charge in [0.25, 0.3) is 0 Å². The quantitative estimate of drug-likeness (QED) is 0.479. The molecular weight excluding hydrogens is 269 g/mol. The third-order valence-corrected chi connectivity index (χ3v) is 2.61. The first-order valence-corrected chi connectivity index (χ1v) is 5.88. The summed E-state index contributed by atoms with van der Waals surface area (Å²) >= 11 is 5.56. The molecule has 0 aromatic heterocycles. The van der Waals surface area contributed by atoms with Gasteiger partial charge in [-0.3, -0.25) is 11.3 Å². The zero-order valence-corrected chi connectivity index (χ0v) is 10.3. The number of para-hydroxylation sites is 1. The molecule has 3 nitrogen and oxygen atoms in total. The highest BCUT2D eigenvalue weighted by molar-refractivity contribution is 6.17. The molecule has 0 amide bonds. The van der Waals surface area contributed by atoms with E-state index >= 15 is 0 Å². The van der Waals surface area contributed by atoms with Crippen LogP contribution in [0.2, 0.25) is 0 Å². The van der Waals surface area contributed by atoms with Crippen molar-refractivity contribution in [2.75, 3.05) is 5.88 Å². The van der Waals surface area contributed by atoms with Crippen molar-refractivity contribution in [2.45, 2.75) is 25.2 Å². The topological polar surface area (TPSA) is 47.3 Å². The number of hydrogen-bond acceptors (Lipinski definition) is 3. The number of hydrogen-bond donors (Lipinski definition) is 2. The van der Waals surface area contributed by atoms with Crippen LogP contribution in [0.3, 0.4) is 0 Å². The Kier molecular flexibility index (Phi) is 5.71. The van der Waals surface area contributed by atoms with Gasteiger partial charge in [-0.25, -0.2) is 0 Å². The lowest BCUT2D eigenvalue weighted by molar-refractivity contribution is -0.275. The minimum absolute atomic E-state index is 0.248. The van der Waals surface area contributed by atoms with Crippen LogP contribution in [-0.2, 0) is 0 Å². The summed E-state index contributed by atoms with van der Waals surface area (Å²) in [6, 6.07) is 5.47. The van der Waals surface area contributed by atoms with Crippen LogP contribution >= 0.6 is 11.6 Å². The molecule has 0 spiro atoms. The molecule has 3 N–H and O–H groups in total. The van der Waals surface area contributed by atoms with Crippen LogP contribution in [0.1, 0.15) is 24.4 Å². The first kappa shape index (κ1) is 15.1. The van der Waals surface area contributed by atoms with E-state index in [-0.39, 0.29) is 5.75 Å². The van der Waals surface area contributed by atoms with Crippen LogP contribution in [0.25, 0.3) is 0 Å². The van der Waals surface area contributed by atoms with Gasteiger partial charge in [0, 0.05) is 17.5 Å². The van der Waals surface area contributed by atoms with Crippen molar-refractivity contribution >= 4 is 11.6 Å². The Morgan fingerprint density at radius 1 is 1.33 bits per heavy atom. The average Bonchev–Trinajstić information content (AvgIpc) is 2.30. The average molecular weight is 283 g/mol. The van der Waals surface area contributed by atoms with E-state index in [0.717, 1.165) is 0 Å². The maximum atomic E-state index is 12.2. The molecule has 0 heterocycles. The second kappa shape index (κ2) is 6.82. The Morgan fingerprint density at radius 2 is 2.00 bits per heavy atom. The minimum atomic E-state index is -4.72. The van der Waals surface area contributed by atoms with E-state index in [2.05, 4.69) is 10.2 Å². The van der Waals surface area contributed by atoms with Gasteiger partial charge in [0.15, 0.2) is 0 Å². The van der Waals surface area contributed by atoms with E-state index in [0.29, 0.717) is 24.3 Å². The number of hydrazine groups is 1. The van der Waals surface area contributed by atoms with E-state index in [4.69, 9.17) is 17.4 Å². The van der Waals surface area contributed by atoms with E-state index in [1.807, 2.05) is 0 Å². The molecule has 0 aliphatic heterocycles. The lowest BCUT2D eigenvalue weighted by atomic mass is 10.0. The van der Waals surface area contributed by atoms with Crippen LogP contribution in [0.5, 0.6) is 5.75 Å². The largest absolute Gasteiger partial charge is 0.573 e. The summed E-state index contributed by atoms with van der Waals surface area (Å²) < 4.78 is 40.7. The van der Waals surface area contributed by atoms with Gasteiger partial charge in [0.2, 0.25) is 0 Å². The summed E-state index contributed by atoms with van der Waals surface area (Å²) in [5.41, 5.74) is 2.84. The van der Waals surface area contributed by atoms with Gasteiger partial charge in [-0.05, 0) is 18.9 Å². The molecule has 1 aromatic carbocycles. The molecular formula is C11H14ClF3N2O. The highest BCUT2D eigenvalue weighted by atomic mass is 35.5. The number of ether oxygens (including phenoxy) is 1.